The second-order valence-corrected chi connectivity index (χ2v) is 6.08. The Bertz CT molecular complexity index is 609. The van der Waals surface area contributed by atoms with Gasteiger partial charge in [-0.15, -0.1) is 11.3 Å². The first-order valence-electron chi connectivity index (χ1n) is 6.59. The molecule has 0 aliphatic carbocycles. The molecule has 0 aliphatic rings. The average molecular weight is 293 g/mol. The number of carbonyl (C=O) groups excluding carboxylic acids is 1. The van der Waals surface area contributed by atoms with Crippen LogP contribution < -0.4 is 11.1 Å². The van der Waals surface area contributed by atoms with Crippen molar-refractivity contribution in [1.82, 2.24) is 10.3 Å². The molecule has 20 heavy (non-hydrogen) atoms. The highest BCUT2D eigenvalue weighted by Crippen LogP contribution is 2.31. The van der Waals surface area contributed by atoms with Gasteiger partial charge in [0.15, 0.2) is 0 Å². The lowest BCUT2D eigenvalue weighted by molar-refractivity contribution is 0.0921. The van der Waals surface area contributed by atoms with Gasteiger partial charge in [-0.25, -0.2) is 0 Å². The van der Waals surface area contributed by atoms with E-state index in [0.29, 0.717) is 22.5 Å². The molecule has 4 N–H and O–H groups in total. The summed E-state index contributed by atoms with van der Waals surface area (Å²) in [5.41, 5.74) is 7.10. The summed E-state index contributed by atoms with van der Waals surface area (Å²) in [6.45, 7) is 4.07. The number of pyridine rings is 1. The fourth-order valence-electron chi connectivity index (χ4n) is 2.06. The summed E-state index contributed by atoms with van der Waals surface area (Å²) >= 11 is 1.34. The van der Waals surface area contributed by atoms with Crippen molar-refractivity contribution in [3.63, 3.8) is 0 Å². The van der Waals surface area contributed by atoms with Crippen LogP contribution in [-0.4, -0.2) is 28.6 Å². The highest BCUT2D eigenvalue weighted by atomic mass is 32.1. The monoisotopic (exact) mass is 293 g/mol. The number of thiophene rings is 1. The minimum Gasteiger partial charge on any atom is -0.396 e. The van der Waals surface area contributed by atoms with E-state index in [9.17, 15) is 4.79 Å². The van der Waals surface area contributed by atoms with E-state index in [2.05, 4.69) is 10.3 Å². The first kappa shape index (κ1) is 14.7. The highest BCUT2D eigenvalue weighted by Gasteiger charge is 2.21. The molecule has 2 aromatic rings. The van der Waals surface area contributed by atoms with Crippen LogP contribution in [0.5, 0.6) is 0 Å². The number of nitrogens with zero attached hydrogens (tertiary/aromatic N) is 1. The summed E-state index contributed by atoms with van der Waals surface area (Å²) in [7, 11) is 0. The van der Waals surface area contributed by atoms with Crippen LogP contribution in [0, 0.1) is 5.92 Å². The van der Waals surface area contributed by atoms with Gasteiger partial charge >= 0.3 is 0 Å². The van der Waals surface area contributed by atoms with Crippen LogP contribution in [0.1, 0.15) is 29.9 Å². The molecule has 1 amide bonds. The number of nitrogens with one attached hydrogen (secondary N) is 1. The van der Waals surface area contributed by atoms with Crippen molar-refractivity contribution in [1.29, 1.82) is 0 Å². The van der Waals surface area contributed by atoms with Crippen molar-refractivity contribution in [3.8, 4) is 0 Å². The van der Waals surface area contributed by atoms with Gasteiger partial charge in [-0.3, -0.25) is 9.78 Å². The van der Waals surface area contributed by atoms with Crippen molar-refractivity contribution >= 4 is 33.1 Å². The normalized spacial score (nSPS) is 12.8. The van der Waals surface area contributed by atoms with Gasteiger partial charge in [0.1, 0.15) is 10.4 Å². The summed E-state index contributed by atoms with van der Waals surface area (Å²) in [6.07, 6.45) is 2.20. The molecule has 6 heteroatoms. The lowest BCUT2D eigenvalue weighted by Crippen LogP contribution is -2.39. The van der Waals surface area contributed by atoms with Crippen LogP contribution in [0.15, 0.2) is 18.3 Å². The molecule has 0 fully saturated rings. The number of aliphatic hydroxyl groups excluding tert-OH is 1. The minimum atomic E-state index is -0.197. The van der Waals surface area contributed by atoms with Crippen molar-refractivity contribution < 1.29 is 9.90 Å². The molecule has 0 spiro atoms. The first-order chi connectivity index (χ1) is 9.54. The van der Waals surface area contributed by atoms with Gasteiger partial charge in [0.2, 0.25) is 0 Å². The Morgan fingerprint density at radius 1 is 1.55 bits per heavy atom. The molecular weight excluding hydrogens is 274 g/mol. The summed E-state index contributed by atoms with van der Waals surface area (Å²) in [5.74, 6) is 0.0532. The standard InChI is InChI=1S/C14H19N3O2S/c1-8(2)9(5-7-18)17-14(19)13-11(15)12-10(20-13)4-3-6-16-12/h3-4,6,8-9,18H,5,7,15H2,1-2H3,(H,17,19). The second kappa shape index (κ2) is 6.19. The number of carbonyl (C=O) groups is 1. The smallest absolute Gasteiger partial charge is 0.263 e. The third-order valence-electron chi connectivity index (χ3n) is 3.25. The number of aromatic nitrogens is 1. The van der Waals surface area contributed by atoms with E-state index < -0.39 is 0 Å². The molecule has 0 bridgehead atoms. The van der Waals surface area contributed by atoms with Crippen LogP contribution in [0.4, 0.5) is 5.69 Å². The molecule has 0 radical (unpaired) electrons. The zero-order chi connectivity index (χ0) is 14.7. The maximum absolute atomic E-state index is 12.3. The third kappa shape index (κ3) is 2.91. The number of amides is 1. The van der Waals surface area contributed by atoms with Crippen LogP contribution >= 0.6 is 11.3 Å². The van der Waals surface area contributed by atoms with Crippen LogP contribution in [-0.2, 0) is 0 Å². The van der Waals surface area contributed by atoms with E-state index in [-0.39, 0.29) is 24.5 Å². The summed E-state index contributed by atoms with van der Waals surface area (Å²) in [5, 5.41) is 12.0. The SMILES string of the molecule is CC(C)C(CCO)NC(=O)c1sc2cccnc2c1N. The molecule has 1 atom stereocenters. The Morgan fingerprint density at radius 2 is 2.30 bits per heavy atom. The molecule has 108 valence electrons. The number of anilines is 1. The maximum atomic E-state index is 12.3. The van der Waals surface area contributed by atoms with Gasteiger partial charge in [-0.1, -0.05) is 13.8 Å². The molecule has 0 aliphatic heterocycles. The topological polar surface area (TPSA) is 88.2 Å². The number of hydrogen-bond donors (Lipinski definition) is 3. The Balaban J connectivity index is 2.24. The lowest BCUT2D eigenvalue weighted by atomic mass is 10.0. The Hall–Kier alpha value is -1.66. The number of nitrogen functional groups attached to an aromatic ring is 1. The van der Waals surface area contributed by atoms with E-state index in [1.54, 1.807) is 6.20 Å². The molecular formula is C14H19N3O2S. The molecule has 0 saturated heterocycles. The number of aliphatic hydroxyl groups is 1. The number of hydrogen-bond acceptors (Lipinski definition) is 5. The molecule has 1 unspecified atom stereocenters. The van der Waals surface area contributed by atoms with Gasteiger partial charge in [0, 0.05) is 18.8 Å². The average Bonchev–Trinajstić information content (AvgIpc) is 2.76. The minimum absolute atomic E-state index is 0.0482. The number of rotatable bonds is 5. The molecule has 2 aromatic heterocycles. The molecule has 0 aromatic carbocycles. The fraction of sp³-hybridized carbons (Fsp3) is 0.429. The molecule has 2 rings (SSSR count). The van der Waals surface area contributed by atoms with E-state index >= 15 is 0 Å². The van der Waals surface area contributed by atoms with E-state index in [0.717, 1.165) is 4.70 Å². The Kier molecular flexibility index (Phi) is 4.57. The second-order valence-electron chi connectivity index (χ2n) is 5.03. The molecule has 5 nitrogen and oxygen atoms in total. The zero-order valence-corrected chi connectivity index (χ0v) is 12.4. The van der Waals surface area contributed by atoms with Gasteiger partial charge in [0.25, 0.3) is 5.91 Å². The van der Waals surface area contributed by atoms with Gasteiger partial charge in [-0.05, 0) is 24.5 Å². The third-order valence-corrected chi connectivity index (χ3v) is 4.41. The van der Waals surface area contributed by atoms with Crippen molar-refractivity contribution in [2.24, 2.45) is 5.92 Å². The lowest BCUT2D eigenvalue weighted by Gasteiger charge is -2.21. The van der Waals surface area contributed by atoms with Crippen molar-refractivity contribution in [2.45, 2.75) is 26.3 Å². The molecule has 2 heterocycles. The van der Waals surface area contributed by atoms with E-state index in [1.807, 2.05) is 26.0 Å². The fourth-order valence-corrected chi connectivity index (χ4v) is 3.05. The zero-order valence-electron chi connectivity index (χ0n) is 11.6. The van der Waals surface area contributed by atoms with Crippen LogP contribution in [0.3, 0.4) is 0 Å². The largest absolute Gasteiger partial charge is 0.396 e. The summed E-state index contributed by atoms with van der Waals surface area (Å²) in [6, 6.07) is 3.65. The highest BCUT2D eigenvalue weighted by molar-refractivity contribution is 7.21. The first-order valence-corrected chi connectivity index (χ1v) is 7.41. The Labute approximate surface area is 121 Å². The maximum Gasteiger partial charge on any atom is 0.263 e. The van der Waals surface area contributed by atoms with Crippen LogP contribution in [0.25, 0.3) is 10.2 Å². The van der Waals surface area contributed by atoms with Gasteiger partial charge in [-0.2, -0.15) is 0 Å². The summed E-state index contributed by atoms with van der Waals surface area (Å²) < 4.78 is 0.901. The van der Waals surface area contributed by atoms with Gasteiger partial charge < -0.3 is 16.2 Å². The van der Waals surface area contributed by atoms with Crippen LogP contribution in [0.2, 0.25) is 0 Å². The van der Waals surface area contributed by atoms with Crippen molar-refractivity contribution in [2.75, 3.05) is 12.3 Å². The number of nitrogens with two attached hydrogens (primary N) is 1. The predicted molar refractivity (Wildman–Crippen MR) is 81.8 cm³/mol. The Morgan fingerprint density at radius 3 is 2.90 bits per heavy atom. The quantitative estimate of drug-likeness (QED) is 0.787. The number of fused-ring (bicyclic) bond motifs is 1. The predicted octanol–water partition coefficient (Wildman–Crippen LogP) is 2.02. The van der Waals surface area contributed by atoms with E-state index in [4.69, 9.17) is 10.8 Å². The summed E-state index contributed by atoms with van der Waals surface area (Å²) in [4.78, 5) is 17.0. The van der Waals surface area contributed by atoms with E-state index in [1.165, 1.54) is 11.3 Å². The van der Waals surface area contributed by atoms with Crippen molar-refractivity contribution in [3.05, 3.63) is 23.2 Å². The molecule has 0 saturated carbocycles. The van der Waals surface area contributed by atoms with Gasteiger partial charge in [0.05, 0.1) is 10.4 Å².